The van der Waals surface area contributed by atoms with Crippen molar-refractivity contribution >= 4 is 5.97 Å². The maximum absolute atomic E-state index is 12.4. The van der Waals surface area contributed by atoms with Gasteiger partial charge in [0.1, 0.15) is 6.10 Å². The fourth-order valence-corrected chi connectivity index (χ4v) is 0.690. The molecule has 1 atom stereocenters. The van der Waals surface area contributed by atoms with Crippen molar-refractivity contribution in [1.82, 2.24) is 0 Å². The second-order valence-corrected chi connectivity index (χ2v) is 2.95. The highest BCUT2D eigenvalue weighted by molar-refractivity contribution is 5.78. The van der Waals surface area contributed by atoms with Crippen molar-refractivity contribution in [2.24, 2.45) is 0 Å². The summed E-state index contributed by atoms with van der Waals surface area (Å²) in [5, 5.41) is 0. The van der Waals surface area contributed by atoms with Crippen LogP contribution in [0.15, 0.2) is 0 Å². The summed E-state index contributed by atoms with van der Waals surface area (Å²) in [6, 6.07) is 0. The molecule has 0 radical (unpaired) electrons. The van der Waals surface area contributed by atoms with Gasteiger partial charge in [-0.25, -0.2) is 4.79 Å². The molecule has 0 spiro atoms. The lowest BCUT2D eigenvalue weighted by Crippen LogP contribution is -2.46. The Morgan fingerprint density at radius 3 is 2.12 bits per heavy atom. The molecule has 1 unspecified atom stereocenters. The number of ether oxygens (including phenoxy) is 2. The van der Waals surface area contributed by atoms with Crippen molar-refractivity contribution in [3.05, 3.63) is 0 Å². The summed E-state index contributed by atoms with van der Waals surface area (Å²) in [4.78, 5) is 10.5. The van der Waals surface area contributed by atoms with Crippen molar-refractivity contribution in [1.29, 1.82) is 0 Å². The first-order chi connectivity index (χ1) is 7.13. The van der Waals surface area contributed by atoms with Gasteiger partial charge in [-0.1, -0.05) is 0 Å². The molecular formula is C8H11F5O3. The molecule has 0 aromatic heterocycles. The lowest BCUT2D eigenvalue weighted by molar-refractivity contribution is -0.282. The third kappa shape index (κ3) is 3.92. The second-order valence-electron chi connectivity index (χ2n) is 2.95. The van der Waals surface area contributed by atoms with Crippen molar-refractivity contribution in [2.75, 3.05) is 13.2 Å². The quantitative estimate of drug-likeness (QED) is 0.554. The van der Waals surface area contributed by atoms with E-state index in [1.54, 1.807) is 6.92 Å². The molecule has 0 saturated heterocycles. The highest BCUT2D eigenvalue weighted by atomic mass is 19.4. The minimum Gasteiger partial charge on any atom is -0.456 e. The minimum atomic E-state index is -5.95. The Labute approximate surface area is 88.5 Å². The van der Waals surface area contributed by atoms with Crippen LogP contribution < -0.4 is 0 Å². The molecule has 0 aromatic rings. The van der Waals surface area contributed by atoms with Crippen molar-refractivity contribution in [3.63, 3.8) is 0 Å². The summed E-state index contributed by atoms with van der Waals surface area (Å²) >= 11 is 0. The van der Waals surface area contributed by atoms with Gasteiger partial charge in [-0.05, 0) is 13.8 Å². The number of hydrogen-bond donors (Lipinski definition) is 0. The van der Waals surface area contributed by atoms with Crippen LogP contribution in [0.2, 0.25) is 0 Å². The zero-order valence-electron chi connectivity index (χ0n) is 8.61. The van der Waals surface area contributed by atoms with Crippen molar-refractivity contribution < 1.29 is 36.2 Å². The van der Waals surface area contributed by atoms with E-state index >= 15 is 0 Å². The molecule has 0 N–H and O–H groups in total. The van der Waals surface area contributed by atoms with Gasteiger partial charge in [0, 0.05) is 6.61 Å². The number of rotatable bonds is 5. The highest BCUT2D eigenvalue weighted by Crippen LogP contribution is 2.36. The average molecular weight is 250 g/mol. The van der Waals surface area contributed by atoms with Gasteiger partial charge in [0.05, 0.1) is 6.61 Å². The van der Waals surface area contributed by atoms with E-state index in [0.29, 0.717) is 0 Å². The normalized spacial score (nSPS) is 14.7. The van der Waals surface area contributed by atoms with E-state index in [-0.39, 0.29) is 13.2 Å². The summed E-state index contributed by atoms with van der Waals surface area (Å²) < 4.78 is 68.4. The number of carbonyl (C=O) groups excluding carboxylic acids is 1. The van der Waals surface area contributed by atoms with Crippen molar-refractivity contribution in [2.45, 2.75) is 32.1 Å². The number of halogens is 5. The van der Waals surface area contributed by atoms with Crippen LogP contribution in [0.4, 0.5) is 22.0 Å². The van der Waals surface area contributed by atoms with Gasteiger partial charge in [0.2, 0.25) is 0 Å². The van der Waals surface area contributed by atoms with E-state index in [0.717, 1.165) is 6.92 Å². The lowest BCUT2D eigenvalue weighted by atomic mass is 10.3. The molecule has 3 nitrogen and oxygen atoms in total. The van der Waals surface area contributed by atoms with Crippen LogP contribution in [0.1, 0.15) is 13.8 Å². The van der Waals surface area contributed by atoms with E-state index in [1.165, 1.54) is 0 Å². The number of alkyl halides is 5. The van der Waals surface area contributed by atoms with E-state index in [4.69, 9.17) is 4.74 Å². The maximum atomic E-state index is 12.4. The third-order valence-electron chi connectivity index (χ3n) is 1.48. The largest absolute Gasteiger partial charge is 0.465 e. The van der Waals surface area contributed by atoms with Crippen LogP contribution in [-0.2, 0) is 14.3 Å². The van der Waals surface area contributed by atoms with Gasteiger partial charge in [-0.2, -0.15) is 22.0 Å². The van der Waals surface area contributed by atoms with E-state index in [2.05, 4.69) is 4.74 Å². The van der Waals surface area contributed by atoms with E-state index in [9.17, 15) is 26.7 Å². The number of carbonyl (C=O) groups is 1. The molecule has 96 valence electrons. The van der Waals surface area contributed by atoms with Gasteiger partial charge in [0.15, 0.2) is 0 Å². The van der Waals surface area contributed by atoms with Crippen molar-refractivity contribution in [3.8, 4) is 0 Å². The Hall–Kier alpha value is -0.920. The monoisotopic (exact) mass is 250 g/mol. The van der Waals surface area contributed by atoms with Crippen LogP contribution in [-0.4, -0.2) is 37.4 Å². The zero-order valence-corrected chi connectivity index (χ0v) is 8.61. The number of esters is 1. The van der Waals surface area contributed by atoms with Gasteiger partial charge >= 0.3 is 18.1 Å². The molecule has 16 heavy (non-hydrogen) atoms. The highest BCUT2D eigenvalue weighted by Gasteiger charge is 2.65. The smallest absolute Gasteiger partial charge is 0.456 e. The SMILES string of the molecule is CCOCC(C)OC(=O)C(F)(F)C(F)(F)F. The summed E-state index contributed by atoms with van der Waals surface area (Å²) in [6.07, 6.45) is -7.12. The van der Waals surface area contributed by atoms with Gasteiger partial charge in [-0.3, -0.25) is 0 Å². The van der Waals surface area contributed by atoms with Gasteiger partial charge in [-0.15, -0.1) is 0 Å². The lowest BCUT2D eigenvalue weighted by Gasteiger charge is -2.20. The first-order valence-electron chi connectivity index (χ1n) is 4.36. The Morgan fingerprint density at radius 1 is 1.25 bits per heavy atom. The Balaban J connectivity index is 4.35. The second kappa shape index (κ2) is 5.42. The van der Waals surface area contributed by atoms with Gasteiger partial charge < -0.3 is 9.47 Å². The summed E-state index contributed by atoms with van der Waals surface area (Å²) in [5.74, 6) is -8.11. The first kappa shape index (κ1) is 15.1. The molecule has 0 aliphatic rings. The topological polar surface area (TPSA) is 35.5 Å². The molecule has 0 amide bonds. The van der Waals surface area contributed by atoms with E-state index < -0.39 is 24.2 Å². The summed E-state index contributed by atoms with van der Waals surface area (Å²) in [6.45, 7) is 2.74. The molecule has 0 heterocycles. The molecule has 0 aliphatic carbocycles. The molecule has 8 heteroatoms. The maximum Gasteiger partial charge on any atom is 0.465 e. The predicted molar refractivity (Wildman–Crippen MR) is 43.0 cm³/mol. The van der Waals surface area contributed by atoms with Crippen LogP contribution in [0.5, 0.6) is 0 Å². The molecule has 0 rings (SSSR count). The predicted octanol–water partition coefficient (Wildman–Crippen LogP) is 2.15. The van der Waals surface area contributed by atoms with Crippen LogP contribution in [0.25, 0.3) is 0 Å². The zero-order chi connectivity index (χ0) is 13.0. The Kier molecular flexibility index (Phi) is 5.11. The Bertz CT molecular complexity index is 238. The van der Waals surface area contributed by atoms with Crippen LogP contribution in [0.3, 0.4) is 0 Å². The molecule has 0 aliphatic heterocycles. The molecule has 0 bridgehead atoms. The minimum absolute atomic E-state index is 0.234. The fraction of sp³-hybridized carbons (Fsp3) is 0.875. The van der Waals surface area contributed by atoms with E-state index in [1.807, 2.05) is 0 Å². The van der Waals surface area contributed by atoms with Gasteiger partial charge in [0.25, 0.3) is 0 Å². The average Bonchev–Trinajstić information content (AvgIpc) is 2.12. The molecule has 0 aromatic carbocycles. The molecule has 0 fully saturated rings. The third-order valence-corrected chi connectivity index (χ3v) is 1.48. The summed E-state index contributed by atoms with van der Waals surface area (Å²) in [7, 11) is 0. The summed E-state index contributed by atoms with van der Waals surface area (Å²) in [5.41, 5.74) is 0. The molecule has 0 saturated carbocycles. The van der Waals surface area contributed by atoms with Crippen LogP contribution in [0, 0.1) is 0 Å². The standard InChI is InChI=1S/C8H11F5O3/c1-3-15-4-5(2)16-6(14)7(9,10)8(11,12)13/h5H,3-4H2,1-2H3. The number of hydrogen-bond acceptors (Lipinski definition) is 3. The fourth-order valence-electron chi connectivity index (χ4n) is 0.690. The first-order valence-corrected chi connectivity index (χ1v) is 4.36. The Morgan fingerprint density at radius 2 is 1.75 bits per heavy atom. The van der Waals surface area contributed by atoms with Crippen LogP contribution >= 0.6 is 0 Å². The molecular weight excluding hydrogens is 239 g/mol.